The maximum absolute atomic E-state index is 11.2. The number of aliphatic hydroxyl groups is 1. The number of alkyl halides is 1. The van der Waals surface area contributed by atoms with Gasteiger partial charge in [-0.3, -0.25) is 0 Å². The Morgan fingerprint density at radius 2 is 1.61 bits per heavy atom. The van der Waals surface area contributed by atoms with Gasteiger partial charge in [-0.05, 0) is 35.4 Å². The molecule has 0 fully saturated rings. The van der Waals surface area contributed by atoms with E-state index in [0.717, 1.165) is 17.4 Å². The number of hydrogen-bond acceptors (Lipinski definition) is 5. The first-order valence-corrected chi connectivity index (χ1v) is 13.6. The van der Waals surface area contributed by atoms with Crippen LogP contribution in [0.15, 0.2) is 36.4 Å². The molecule has 33 heavy (non-hydrogen) atoms. The molecule has 2 N–H and O–H groups in total. The Labute approximate surface area is 211 Å². The summed E-state index contributed by atoms with van der Waals surface area (Å²) < 4.78 is 36.2. The minimum absolute atomic E-state index is 0.00389. The van der Waals surface area contributed by atoms with Gasteiger partial charge in [-0.15, -0.1) is 11.6 Å². The third-order valence-corrected chi connectivity index (χ3v) is 6.73. The second-order valence-corrected chi connectivity index (χ2v) is 11.5. The van der Waals surface area contributed by atoms with Gasteiger partial charge in [-0.25, -0.2) is 13.1 Å². The minimum Gasteiger partial charge on any atom is -0.493 e. The summed E-state index contributed by atoms with van der Waals surface area (Å²) in [7, 11) is -3.22. The molecule has 0 spiro atoms. The minimum atomic E-state index is -3.22. The zero-order valence-corrected chi connectivity index (χ0v) is 22.2. The van der Waals surface area contributed by atoms with E-state index in [1.54, 1.807) is 12.1 Å². The number of halogens is 3. The van der Waals surface area contributed by atoms with E-state index in [9.17, 15) is 13.5 Å². The Bertz CT molecular complexity index is 1010. The molecule has 0 aromatic heterocycles. The molecule has 6 nitrogen and oxygen atoms in total. The lowest BCUT2D eigenvalue weighted by Crippen LogP contribution is -2.29. The van der Waals surface area contributed by atoms with Gasteiger partial charge in [0.1, 0.15) is 18.5 Å². The van der Waals surface area contributed by atoms with Gasteiger partial charge in [0.15, 0.2) is 5.75 Å². The molecular weight excluding hydrogens is 509 g/mol. The standard InChI is InChI=1S/C23H30Cl3NO5S/c1-15(12-27-33(4,29)30)13-31-19-7-5-16(6-8-19)23(2,3)17-9-20(25)22(21(26)10-17)32-14-18(28)11-24/h5-10,15,18,27-28H,11-14H2,1-4H3/t15-,18-/m1/s1. The molecule has 184 valence electrons. The summed E-state index contributed by atoms with van der Waals surface area (Å²) in [4.78, 5) is 0. The lowest BCUT2D eigenvalue weighted by molar-refractivity contribution is 0.125. The monoisotopic (exact) mass is 537 g/mol. The second kappa shape index (κ2) is 12.0. The van der Waals surface area contributed by atoms with Crippen molar-refractivity contribution in [3.8, 4) is 11.5 Å². The normalized spacial score (nSPS) is 14.1. The predicted octanol–water partition coefficient (Wildman–Crippen LogP) is 4.86. The molecule has 0 amide bonds. The van der Waals surface area contributed by atoms with E-state index in [0.29, 0.717) is 34.7 Å². The zero-order valence-electron chi connectivity index (χ0n) is 19.1. The van der Waals surface area contributed by atoms with Crippen molar-refractivity contribution in [2.45, 2.75) is 32.3 Å². The Morgan fingerprint density at radius 1 is 1.03 bits per heavy atom. The molecule has 0 saturated carbocycles. The van der Waals surface area contributed by atoms with Gasteiger partial charge in [0, 0.05) is 17.9 Å². The number of nitrogens with one attached hydrogen (secondary N) is 1. The van der Waals surface area contributed by atoms with Crippen LogP contribution in [0.25, 0.3) is 0 Å². The molecule has 0 bridgehead atoms. The summed E-state index contributed by atoms with van der Waals surface area (Å²) in [6.07, 6.45) is 0.322. The quantitative estimate of drug-likeness (QED) is 0.377. The van der Waals surface area contributed by atoms with E-state index >= 15 is 0 Å². The maximum Gasteiger partial charge on any atom is 0.208 e. The highest BCUT2D eigenvalue weighted by atomic mass is 35.5. The second-order valence-electron chi connectivity index (χ2n) is 8.57. The van der Waals surface area contributed by atoms with Crippen LogP contribution in [0.1, 0.15) is 31.9 Å². The van der Waals surface area contributed by atoms with Gasteiger partial charge in [0.25, 0.3) is 0 Å². The summed E-state index contributed by atoms with van der Waals surface area (Å²) >= 11 is 18.4. The van der Waals surface area contributed by atoms with Gasteiger partial charge in [-0.2, -0.15) is 0 Å². The molecule has 0 unspecified atom stereocenters. The summed E-state index contributed by atoms with van der Waals surface area (Å²) in [6.45, 7) is 6.72. The summed E-state index contributed by atoms with van der Waals surface area (Å²) in [6, 6.07) is 11.3. The first-order valence-electron chi connectivity index (χ1n) is 10.4. The summed E-state index contributed by atoms with van der Waals surface area (Å²) in [5.74, 6) is 1.08. The van der Waals surface area contributed by atoms with Crippen LogP contribution in [-0.2, 0) is 15.4 Å². The predicted molar refractivity (Wildman–Crippen MR) is 135 cm³/mol. The van der Waals surface area contributed by atoms with Crippen LogP contribution < -0.4 is 14.2 Å². The smallest absolute Gasteiger partial charge is 0.208 e. The van der Waals surface area contributed by atoms with Crippen molar-refractivity contribution in [1.82, 2.24) is 4.72 Å². The van der Waals surface area contributed by atoms with Crippen LogP contribution in [-0.4, -0.2) is 51.5 Å². The van der Waals surface area contributed by atoms with Gasteiger partial charge in [0.2, 0.25) is 10.0 Å². The van der Waals surface area contributed by atoms with Crippen LogP contribution in [0.5, 0.6) is 11.5 Å². The zero-order chi connectivity index (χ0) is 24.8. The fourth-order valence-electron chi connectivity index (χ4n) is 3.01. The van der Waals surface area contributed by atoms with E-state index in [2.05, 4.69) is 18.6 Å². The van der Waals surface area contributed by atoms with Crippen molar-refractivity contribution in [3.63, 3.8) is 0 Å². The van der Waals surface area contributed by atoms with E-state index < -0.39 is 21.5 Å². The molecular formula is C23H30Cl3NO5S. The van der Waals surface area contributed by atoms with Crippen molar-refractivity contribution >= 4 is 44.8 Å². The van der Waals surface area contributed by atoms with Crippen molar-refractivity contribution in [3.05, 3.63) is 57.6 Å². The van der Waals surface area contributed by atoms with Gasteiger partial charge < -0.3 is 14.6 Å². The maximum atomic E-state index is 11.2. The summed E-state index contributed by atoms with van der Waals surface area (Å²) in [5.41, 5.74) is 1.52. The number of ether oxygens (including phenoxy) is 2. The van der Waals surface area contributed by atoms with Crippen LogP contribution in [0.4, 0.5) is 0 Å². The molecule has 0 radical (unpaired) electrons. The highest BCUT2D eigenvalue weighted by molar-refractivity contribution is 7.88. The van der Waals surface area contributed by atoms with E-state index in [1.165, 1.54) is 0 Å². The SMILES string of the molecule is C[C@H](CNS(C)(=O)=O)COc1ccc(C(C)(C)c2cc(Cl)c(OC[C@H](O)CCl)c(Cl)c2)cc1. The Kier molecular flexibility index (Phi) is 10.2. The third-order valence-electron chi connectivity index (χ3n) is 5.12. The molecule has 0 heterocycles. The Morgan fingerprint density at radius 3 is 2.12 bits per heavy atom. The van der Waals surface area contributed by atoms with Gasteiger partial charge in [-0.1, -0.05) is 56.1 Å². The topological polar surface area (TPSA) is 84.9 Å². The highest BCUT2D eigenvalue weighted by Gasteiger charge is 2.26. The van der Waals surface area contributed by atoms with Crippen LogP contribution in [0, 0.1) is 5.92 Å². The van der Waals surface area contributed by atoms with Gasteiger partial charge in [0.05, 0.1) is 28.8 Å². The molecule has 10 heteroatoms. The van der Waals surface area contributed by atoms with E-state index in [-0.39, 0.29) is 18.4 Å². The summed E-state index contributed by atoms with van der Waals surface area (Å²) in [5, 5.41) is 10.3. The third kappa shape index (κ3) is 8.50. The Hall–Kier alpha value is -1.22. The van der Waals surface area contributed by atoms with Crippen molar-refractivity contribution < 1.29 is 23.0 Å². The van der Waals surface area contributed by atoms with Crippen molar-refractivity contribution in [2.75, 3.05) is 31.9 Å². The number of aliphatic hydroxyl groups excluding tert-OH is 1. The highest BCUT2D eigenvalue weighted by Crippen LogP contribution is 2.40. The molecule has 0 aliphatic rings. The van der Waals surface area contributed by atoms with Crippen molar-refractivity contribution in [1.29, 1.82) is 0 Å². The molecule has 0 aliphatic heterocycles. The van der Waals surface area contributed by atoms with E-state index in [4.69, 9.17) is 44.3 Å². The lowest BCUT2D eigenvalue weighted by Gasteiger charge is -2.27. The fourth-order valence-corrected chi connectivity index (χ4v) is 4.28. The number of sulfonamides is 1. The molecule has 2 atom stereocenters. The lowest BCUT2D eigenvalue weighted by atomic mass is 9.78. The first kappa shape index (κ1) is 28.0. The Balaban J connectivity index is 2.09. The largest absolute Gasteiger partial charge is 0.493 e. The average molecular weight is 539 g/mol. The molecule has 0 saturated heterocycles. The fraction of sp³-hybridized carbons (Fsp3) is 0.478. The number of rotatable bonds is 12. The first-order chi connectivity index (χ1) is 15.3. The van der Waals surface area contributed by atoms with Crippen LogP contribution in [0.2, 0.25) is 10.0 Å². The van der Waals surface area contributed by atoms with E-state index in [1.807, 2.05) is 31.2 Å². The van der Waals surface area contributed by atoms with Crippen LogP contribution in [0.3, 0.4) is 0 Å². The number of benzene rings is 2. The van der Waals surface area contributed by atoms with Crippen molar-refractivity contribution in [2.24, 2.45) is 5.92 Å². The van der Waals surface area contributed by atoms with Crippen LogP contribution >= 0.6 is 34.8 Å². The average Bonchev–Trinajstić information content (AvgIpc) is 2.75. The molecule has 2 aromatic rings. The molecule has 2 aromatic carbocycles. The van der Waals surface area contributed by atoms with Gasteiger partial charge >= 0.3 is 0 Å². The number of hydrogen-bond donors (Lipinski definition) is 2. The molecule has 0 aliphatic carbocycles. The molecule has 2 rings (SSSR count).